The first-order valence-corrected chi connectivity index (χ1v) is 13.7. The zero-order valence-corrected chi connectivity index (χ0v) is 22.6. The topological polar surface area (TPSA) is 87.2 Å². The van der Waals surface area contributed by atoms with Gasteiger partial charge in [-0.05, 0) is 52.9 Å². The Labute approximate surface area is 213 Å². The number of allylic oxidation sites excluding steroid dienone is 1. The summed E-state index contributed by atoms with van der Waals surface area (Å²) < 4.78 is 4.10. The standard InChI is InChI=1S/C27H40N2O5S/c1-17(2)18(16-30)29-21-23(32)28(25(3,4)5)14-11-13-27(21)19(22(29)31)20-24(33)34-15-10-8-7-9-12-26(20,6)35-27/h9,11-13,17-21,30H,7-8,10,14-16H2,1-6H3/b12-9-/t18-,19-,20-,21?,26+,27-/m0/s1. The Kier molecular flexibility index (Phi) is 6.95. The van der Waals surface area contributed by atoms with Crippen LogP contribution in [0.1, 0.15) is 60.8 Å². The van der Waals surface area contributed by atoms with Crippen molar-refractivity contribution in [2.24, 2.45) is 17.8 Å². The van der Waals surface area contributed by atoms with Crippen molar-refractivity contribution >= 4 is 29.5 Å². The number of esters is 1. The number of rotatable bonds is 3. The molecule has 8 heteroatoms. The molecule has 194 valence electrons. The van der Waals surface area contributed by atoms with Gasteiger partial charge >= 0.3 is 5.97 Å². The first kappa shape index (κ1) is 26.3. The van der Waals surface area contributed by atoms with Gasteiger partial charge in [0.2, 0.25) is 11.8 Å². The lowest BCUT2D eigenvalue weighted by Gasteiger charge is -2.43. The average Bonchev–Trinajstić information content (AvgIpc) is 3.08. The predicted molar refractivity (Wildman–Crippen MR) is 137 cm³/mol. The summed E-state index contributed by atoms with van der Waals surface area (Å²) >= 11 is 1.55. The second-order valence-corrected chi connectivity index (χ2v) is 13.6. The number of aliphatic hydroxyl groups is 1. The number of cyclic esters (lactones) is 1. The number of ether oxygens (including phenoxy) is 1. The van der Waals surface area contributed by atoms with Crippen LogP contribution in [-0.4, -0.2) is 79.6 Å². The molecule has 0 radical (unpaired) electrons. The number of likely N-dealkylation sites (tertiary alicyclic amines) is 1. The largest absolute Gasteiger partial charge is 0.465 e. The fraction of sp³-hybridized carbons (Fsp3) is 0.741. The highest BCUT2D eigenvalue weighted by Crippen LogP contribution is 2.65. The molecule has 0 bridgehead atoms. The van der Waals surface area contributed by atoms with E-state index in [4.69, 9.17) is 4.74 Å². The highest BCUT2D eigenvalue weighted by molar-refractivity contribution is 8.02. The molecule has 4 aliphatic rings. The van der Waals surface area contributed by atoms with Gasteiger partial charge in [-0.25, -0.2) is 0 Å². The quantitative estimate of drug-likeness (QED) is 0.469. The van der Waals surface area contributed by atoms with Gasteiger partial charge in [0.1, 0.15) is 6.04 Å². The molecule has 0 aliphatic carbocycles. The van der Waals surface area contributed by atoms with Crippen LogP contribution < -0.4 is 0 Å². The van der Waals surface area contributed by atoms with Gasteiger partial charge in [0.15, 0.2) is 0 Å². The minimum absolute atomic E-state index is 0.0600. The summed E-state index contributed by atoms with van der Waals surface area (Å²) in [5.41, 5.74) is -0.449. The smallest absolute Gasteiger partial charge is 0.311 e. The van der Waals surface area contributed by atoms with Crippen molar-refractivity contribution in [1.29, 1.82) is 0 Å². The molecule has 0 aromatic heterocycles. The van der Waals surface area contributed by atoms with Crippen molar-refractivity contribution in [3.8, 4) is 0 Å². The molecular formula is C27H40N2O5S. The van der Waals surface area contributed by atoms with Crippen molar-refractivity contribution < 1.29 is 24.2 Å². The van der Waals surface area contributed by atoms with Crippen molar-refractivity contribution in [3.05, 3.63) is 24.3 Å². The molecule has 4 heterocycles. The molecule has 0 aromatic carbocycles. The molecule has 2 saturated heterocycles. The second-order valence-electron chi connectivity index (χ2n) is 11.8. The van der Waals surface area contributed by atoms with Crippen molar-refractivity contribution in [3.63, 3.8) is 0 Å². The lowest BCUT2D eigenvalue weighted by molar-refractivity contribution is -0.155. The summed E-state index contributed by atoms with van der Waals surface area (Å²) in [4.78, 5) is 45.6. The van der Waals surface area contributed by atoms with Crippen LogP contribution in [0.3, 0.4) is 0 Å². The number of thioether (sulfide) groups is 1. The molecule has 0 saturated carbocycles. The molecule has 6 atom stereocenters. The lowest BCUT2D eigenvalue weighted by Crippen LogP contribution is -2.60. The molecule has 7 nitrogen and oxygen atoms in total. The zero-order valence-electron chi connectivity index (χ0n) is 21.8. The molecular weight excluding hydrogens is 464 g/mol. The number of nitrogens with zero attached hydrogens (tertiary/aromatic N) is 2. The Hall–Kier alpha value is -1.80. The van der Waals surface area contributed by atoms with Gasteiger partial charge < -0.3 is 19.6 Å². The van der Waals surface area contributed by atoms with E-state index in [1.807, 2.05) is 58.6 Å². The molecule has 35 heavy (non-hydrogen) atoms. The molecule has 4 rings (SSSR count). The van der Waals surface area contributed by atoms with E-state index in [2.05, 4.69) is 12.2 Å². The first-order valence-electron chi connectivity index (χ1n) is 12.9. The van der Waals surface area contributed by atoms with Crippen LogP contribution in [0, 0.1) is 17.8 Å². The van der Waals surface area contributed by atoms with Crippen LogP contribution in [0.25, 0.3) is 0 Å². The molecule has 1 N–H and O–H groups in total. The Morgan fingerprint density at radius 2 is 1.83 bits per heavy atom. The van der Waals surface area contributed by atoms with E-state index < -0.39 is 39.0 Å². The number of carbonyl (C=O) groups is 3. The van der Waals surface area contributed by atoms with Crippen LogP contribution >= 0.6 is 11.8 Å². The minimum atomic E-state index is -0.923. The summed E-state index contributed by atoms with van der Waals surface area (Å²) in [5, 5.41) is 10.3. The summed E-state index contributed by atoms with van der Waals surface area (Å²) in [7, 11) is 0. The van der Waals surface area contributed by atoms with Crippen LogP contribution in [-0.2, 0) is 19.1 Å². The molecule has 2 amide bonds. The van der Waals surface area contributed by atoms with Gasteiger partial charge in [-0.15, -0.1) is 11.8 Å². The zero-order chi connectivity index (χ0) is 25.8. The van der Waals surface area contributed by atoms with Gasteiger partial charge in [-0.1, -0.05) is 38.2 Å². The SMILES string of the molecule is CC(C)[C@H](CO)N1C(=O)[C@@H]2[C@H]3C(=O)OCCCC/C=C\[C@@]3(C)S[C@@]23C=CCN(C(C)(C)C)C(=O)C13. The van der Waals surface area contributed by atoms with E-state index in [0.717, 1.165) is 19.3 Å². The molecule has 4 aliphatic heterocycles. The first-order chi connectivity index (χ1) is 16.4. The summed E-state index contributed by atoms with van der Waals surface area (Å²) in [6.45, 7) is 12.4. The van der Waals surface area contributed by atoms with Crippen molar-refractivity contribution in [1.82, 2.24) is 9.80 Å². The Morgan fingerprint density at radius 1 is 1.11 bits per heavy atom. The van der Waals surface area contributed by atoms with E-state index in [1.165, 1.54) is 0 Å². The summed E-state index contributed by atoms with van der Waals surface area (Å²) in [6, 6.07) is -1.33. The Morgan fingerprint density at radius 3 is 2.46 bits per heavy atom. The maximum absolute atomic E-state index is 14.3. The number of carbonyl (C=O) groups excluding carboxylic acids is 3. The number of hydrogen-bond donors (Lipinski definition) is 1. The van der Waals surface area contributed by atoms with Gasteiger partial charge in [0.25, 0.3) is 0 Å². The molecule has 2 fully saturated rings. The molecule has 0 aromatic rings. The third-order valence-electron chi connectivity index (χ3n) is 8.06. The highest BCUT2D eigenvalue weighted by Gasteiger charge is 2.74. The van der Waals surface area contributed by atoms with Gasteiger partial charge in [0.05, 0.1) is 35.8 Å². The normalized spacial score (nSPS) is 37.5. The number of hydrogen-bond acceptors (Lipinski definition) is 6. The number of amides is 2. The monoisotopic (exact) mass is 504 g/mol. The average molecular weight is 505 g/mol. The highest BCUT2D eigenvalue weighted by atomic mass is 32.2. The third kappa shape index (κ3) is 4.14. The second kappa shape index (κ2) is 9.25. The van der Waals surface area contributed by atoms with E-state index in [1.54, 1.807) is 16.7 Å². The predicted octanol–water partition coefficient (Wildman–Crippen LogP) is 3.17. The van der Waals surface area contributed by atoms with Gasteiger partial charge in [-0.2, -0.15) is 0 Å². The molecule has 1 spiro atoms. The van der Waals surface area contributed by atoms with Crippen molar-refractivity contribution in [2.45, 2.75) is 87.9 Å². The Balaban J connectivity index is 1.93. The fourth-order valence-corrected chi connectivity index (χ4v) is 8.46. The fourth-order valence-electron chi connectivity index (χ4n) is 6.32. The van der Waals surface area contributed by atoms with E-state index in [9.17, 15) is 19.5 Å². The van der Waals surface area contributed by atoms with Crippen LogP contribution in [0.2, 0.25) is 0 Å². The third-order valence-corrected chi connectivity index (χ3v) is 9.86. The van der Waals surface area contributed by atoms with Crippen molar-refractivity contribution in [2.75, 3.05) is 19.8 Å². The maximum Gasteiger partial charge on any atom is 0.311 e. The summed E-state index contributed by atoms with van der Waals surface area (Å²) in [5.74, 6) is -2.26. The van der Waals surface area contributed by atoms with Crippen LogP contribution in [0.4, 0.5) is 0 Å². The number of aliphatic hydroxyl groups excluding tert-OH is 1. The summed E-state index contributed by atoms with van der Waals surface area (Å²) in [6.07, 6.45) is 10.8. The van der Waals surface area contributed by atoms with E-state index >= 15 is 0 Å². The number of fused-ring (bicyclic) bond motifs is 2. The van der Waals surface area contributed by atoms with Crippen LogP contribution in [0.15, 0.2) is 24.3 Å². The lowest BCUT2D eigenvalue weighted by atomic mass is 9.74. The van der Waals surface area contributed by atoms with E-state index in [0.29, 0.717) is 13.2 Å². The minimum Gasteiger partial charge on any atom is -0.465 e. The van der Waals surface area contributed by atoms with Gasteiger partial charge in [0, 0.05) is 16.8 Å². The Bertz CT molecular complexity index is 940. The molecule has 1 unspecified atom stereocenters. The van der Waals surface area contributed by atoms with Crippen LogP contribution in [0.5, 0.6) is 0 Å². The maximum atomic E-state index is 14.3. The van der Waals surface area contributed by atoms with Gasteiger partial charge in [-0.3, -0.25) is 14.4 Å². The van der Waals surface area contributed by atoms with E-state index in [-0.39, 0.29) is 30.3 Å².